The maximum atomic E-state index is 11.9. The van der Waals surface area contributed by atoms with Crippen molar-refractivity contribution in [3.63, 3.8) is 0 Å². The summed E-state index contributed by atoms with van der Waals surface area (Å²) in [4.78, 5) is 0.0444. The van der Waals surface area contributed by atoms with E-state index in [9.17, 15) is 13.5 Å². The summed E-state index contributed by atoms with van der Waals surface area (Å²) in [7, 11) is -3.59. The smallest absolute Gasteiger partial charge is 0.240 e. The Morgan fingerprint density at radius 3 is 2.83 bits per heavy atom. The van der Waals surface area contributed by atoms with Crippen LogP contribution in [-0.4, -0.2) is 29.8 Å². The van der Waals surface area contributed by atoms with Crippen LogP contribution in [0.2, 0.25) is 0 Å². The average Bonchev–Trinajstić information content (AvgIpc) is 2.82. The molecule has 1 aromatic carbocycles. The number of hydrogen-bond acceptors (Lipinski definition) is 4. The number of benzene rings is 1. The number of phenolic OH excluding ortho intramolecular Hbond substituents is 1. The highest BCUT2D eigenvalue weighted by Gasteiger charge is 2.13. The van der Waals surface area contributed by atoms with Gasteiger partial charge in [-0.05, 0) is 24.3 Å². The molecule has 2 N–H and O–H groups in total. The Morgan fingerprint density at radius 2 is 2.17 bits per heavy atom. The third-order valence-electron chi connectivity index (χ3n) is 2.32. The van der Waals surface area contributed by atoms with E-state index in [0.717, 1.165) is 0 Å². The number of nitrogens with zero attached hydrogens (tertiary/aromatic N) is 2. The second-order valence-corrected chi connectivity index (χ2v) is 5.43. The third-order valence-corrected chi connectivity index (χ3v) is 3.78. The Bertz CT molecular complexity index is 608. The summed E-state index contributed by atoms with van der Waals surface area (Å²) >= 11 is 0. The number of rotatable bonds is 5. The van der Waals surface area contributed by atoms with E-state index in [1.807, 2.05) is 0 Å². The molecule has 0 saturated heterocycles. The van der Waals surface area contributed by atoms with Crippen molar-refractivity contribution in [2.75, 3.05) is 6.54 Å². The average molecular weight is 267 g/mol. The first-order valence-electron chi connectivity index (χ1n) is 5.34. The lowest BCUT2D eigenvalue weighted by Gasteiger charge is -2.07. The van der Waals surface area contributed by atoms with Crippen LogP contribution in [0.25, 0.3) is 0 Å². The molecular weight excluding hydrogens is 254 g/mol. The van der Waals surface area contributed by atoms with Gasteiger partial charge in [0.25, 0.3) is 0 Å². The molecule has 0 spiro atoms. The van der Waals surface area contributed by atoms with Gasteiger partial charge >= 0.3 is 0 Å². The van der Waals surface area contributed by atoms with Crippen molar-refractivity contribution in [1.82, 2.24) is 14.5 Å². The van der Waals surface area contributed by atoms with Gasteiger partial charge in [0.05, 0.1) is 11.4 Å². The molecule has 0 saturated carbocycles. The van der Waals surface area contributed by atoms with Crippen LogP contribution >= 0.6 is 0 Å². The van der Waals surface area contributed by atoms with E-state index in [1.165, 1.54) is 24.3 Å². The first-order chi connectivity index (χ1) is 8.58. The fourth-order valence-electron chi connectivity index (χ4n) is 1.46. The largest absolute Gasteiger partial charge is 0.508 e. The van der Waals surface area contributed by atoms with Gasteiger partial charge in [0, 0.05) is 18.9 Å². The minimum Gasteiger partial charge on any atom is -0.508 e. The first kappa shape index (κ1) is 12.6. The van der Waals surface area contributed by atoms with E-state index in [4.69, 9.17) is 0 Å². The van der Waals surface area contributed by atoms with Crippen LogP contribution in [-0.2, 0) is 16.6 Å². The number of phenols is 1. The van der Waals surface area contributed by atoms with E-state index in [-0.39, 0.29) is 17.2 Å². The number of aromatic nitrogens is 2. The topological polar surface area (TPSA) is 84.2 Å². The summed E-state index contributed by atoms with van der Waals surface area (Å²) in [5.74, 6) is -0.0787. The highest BCUT2D eigenvalue weighted by molar-refractivity contribution is 7.89. The second-order valence-electron chi connectivity index (χ2n) is 3.66. The van der Waals surface area contributed by atoms with E-state index in [2.05, 4.69) is 9.82 Å². The van der Waals surface area contributed by atoms with Gasteiger partial charge in [0.2, 0.25) is 10.0 Å². The van der Waals surface area contributed by atoms with Crippen LogP contribution in [0, 0.1) is 0 Å². The zero-order chi connectivity index (χ0) is 13.0. The van der Waals surface area contributed by atoms with Crippen molar-refractivity contribution in [3.8, 4) is 5.75 Å². The standard InChI is InChI=1S/C11H13N3O3S/c15-10-3-1-4-11(9-10)18(16,17)13-6-8-14-7-2-5-12-14/h1-5,7,9,13,15H,6,8H2. The van der Waals surface area contributed by atoms with E-state index in [0.29, 0.717) is 6.54 Å². The highest BCUT2D eigenvalue weighted by Crippen LogP contribution is 2.15. The molecule has 96 valence electrons. The molecule has 0 unspecified atom stereocenters. The quantitative estimate of drug-likeness (QED) is 0.829. The van der Waals surface area contributed by atoms with Crippen molar-refractivity contribution >= 4 is 10.0 Å². The number of sulfonamides is 1. The lowest BCUT2D eigenvalue weighted by Crippen LogP contribution is -2.27. The summed E-state index contributed by atoms with van der Waals surface area (Å²) in [6.45, 7) is 0.685. The van der Waals surface area contributed by atoms with Gasteiger partial charge in [-0.15, -0.1) is 0 Å². The SMILES string of the molecule is O=S(=O)(NCCn1cccn1)c1cccc(O)c1. The second kappa shape index (κ2) is 5.19. The van der Waals surface area contributed by atoms with Crippen LogP contribution < -0.4 is 4.72 Å². The molecule has 0 atom stereocenters. The molecule has 2 rings (SSSR count). The minimum absolute atomic E-state index is 0.0444. The molecule has 1 aromatic heterocycles. The number of hydrogen-bond donors (Lipinski definition) is 2. The number of aromatic hydroxyl groups is 1. The van der Waals surface area contributed by atoms with Crippen molar-refractivity contribution in [2.45, 2.75) is 11.4 Å². The summed E-state index contributed by atoms with van der Waals surface area (Å²) < 4.78 is 27.8. The molecule has 0 radical (unpaired) electrons. The van der Waals surface area contributed by atoms with Gasteiger partial charge in [-0.1, -0.05) is 6.07 Å². The first-order valence-corrected chi connectivity index (χ1v) is 6.82. The van der Waals surface area contributed by atoms with E-state index < -0.39 is 10.0 Å². The molecule has 2 aromatic rings. The summed E-state index contributed by atoms with van der Waals surface area (Å²) in [5, 5.41) is 13.2. The van der Waals surface area contributed by atoms with E-state index >= 15 is 0 Å². The molecule has 18 heavy (non-hydrogen) atoms. The predicted molar refractivity (Wildman–Crippen MR) is 65.5 cm³/mol. The molecule has 0 fully saturated rings. The zero-order valence-electron chi connectivity index (χ0n) is 9.52. The monoisotopic (exact) mass is 267 g/mol. The Kier molecular flexibility index (Phi) is 3.63. The van der Waals surface area contributed by atoms with Gasteiger partial charge in [0.15, 0.2) is 0 Å². The Labute approximate surface area is 105 Å². The number of nitrogens with one attached hydrogen (secondary N) is 1. The normalized spacial score (nSPS) is 11.6. The lowest BCUT2D eigenvalue weighted by atomic mass is 10.3. The van der Waals surface area contributed by atoms with Gasteiger partial charge in [-0.2, -0.15) is 5.10 Å². The molecule has 0 aliphatic heterocycles. The van der Waals surface area contributed by atoms with Gasteiger partial charge < -0.3 is 5.11 Å². The van der Waals surface area contributed by atoms with Gasteiger partial charge in [-0.3, -0.25) is 4.68 Å². The van der Waals surface area contributed by atoms with E-state index in [1.54, 1.807) is 23.1 Å². The Balaban J connectivity index is 1.99. The molecule has 0 aliphatic rings. The predicted octanol–water partition coefficient (Wildman–Crippen LogP) is 0.567. The molecule has 0 aliphatic carbocycles. The van der Waals surface area contributed by atoms with Crippen molar-refractivity contribution in [1.29, 1.82) is 0 Å². The lowest BCUT2D eigenvalue weighted by molar-refractivity contribution is 0.473. The van der Waals surface area contributed by atoms with Crippen LogP contribution in [0.1, 0.15) is 0 Å². The zero-order valence-corrected chi connectivity index (χ0v) is 10.3. The molecule has 6 nitrogen and oxygen atoms in total. The van der Waals surface area contributed by atoms with Crippen LogP contribution in [0.15, 0.2) is 47.6 Å². The molecule has 1 heterocycles. The van der Waals surface area contributed by atoms with Crippen LogP contribution in [0.5, 0.6) is 5.75 Å². The maximum Gasteiger partial charge on any atom is 0.240 e. The molecule has 0 bridgehead atoms. The Hall–Kier alpha value is -1.86. The molecule has 7 heteroatoms. The summed E-state index contributed by atoms with van der Waals surface area (Å²) in [6, 6.07) is 7.30. The molecular formula is C11H13N3O3S. The van der Waals surface area contributed by atoms with Crippen molar-refractivity contribution in [2.24, 2.45) is 0 Å². The highest BCUT2D eigenvalue weighted by atomic mass is 32.2. The fraction of sp³-hybridized carbons (Fsp3) is 0.182. The van der Waals surface area contributed by atoms with Crippen LogP contribution in [0.3, 0.4) is 0 Å². The fourth-order valence-corrected chi connectivity index (χ4v) is 2.52. The summed E-state index contributed by atoms with van der Waals surface area (Å²) in [6.07, 6.45) is 3.38. The maximum absolute atomic E-state index is 11.9. The summed E-state index contributed by atoms with van der Waals surface area (Å²) in [5.41, 5.74) is 0. The minimum atomic E-state index is -3.59. The molecule has 0 amide bonds. The third kappa shape index (κ3) is 3.08. The van der Waals surface area contributed by atoms with Crippen molar-refractivity contribution in [3.05, 3.63) is 42.7 Å². The van der Waals surface area contributed by atoms with Gasteiger partial charge in [0.1, 0.15) is 5.75 Å². The van der Waals surface area contributed by atoms with Crippen molar-refractivity contribution < 1.29 is 13.5 Å². The van der Waals surface area contributed by atoms with Crippen LogP contribution in [0.4, 0.5) is 0 Å². The van der Waals surface area contributed by atoms with Gasteiger partial charge in [-0.25, -0.2) is 13.1 Å². The Morgan fingerprint density at radius 1 is 1.33 bits per heavy atom.